The molecule has 0 amide bonds. The fourth-order valence-corrected chi connectivity index (χ4v) is 4.50. The van der Waals surface area contributed by atoms with E-state index in [0.29, 0.717) is 6.61 Å². The molecule has 1 fully saturated rings. The van der Waals surface area contributed by atoms with Crippen molar-refractivity contribution in [1.82, 2.24) is 10.4 Å². The van der Waals surface area contributed by atoms with Crippen LogP contribution < -0.4 is 10.2 Å². The molecule has 0 bridgehead atoms. The third kappa shape index (κ3) is 2.73. The van der Waals surface area contributed by atoms with Gasteiger partial charge in [0.1, 0.15) is 11.6 Å². The number of benzene rings is 2. The van der Waals surface area contributed by atoms with Gasteiger partial charge in [0.15, 0.2) is 5.72 Å². The first-order chi connectivity index (χ1) is 13.0. The number of hydrogen-bond acceptors (Lipinski definition) is 4. The van der Waals surface area contributed by atoms with E-state index in [4.69, 9.17) is 9.47 Å². The maximum absolute atomic E-state index is 13.4. The molecule has 140 valence electrons. The molecule has 2 aromatic carbocycles. The summed E-state index contributed by atoms with van der Waals surface area (Å²) in [6.07, 6.45) is 3.74. The van der Waals surface area contributed by atoms with Gasteiger partial charge < -0.3 is 14.9 Å². The fourth-order valence-electron chi connectivity index (χ4n) is 4.50. The lowest BCUT2D eigenvalue weighted by Gasteiger charge is -2.53. The number of hydrazine groups is 1. The molecule has 3 aliphatic heterocycles. The zero-order valence-electron chi connectivity index (χ0n) is 15.5. The molecule has 4 nitrogen and oxygen atoms in total. The van der Waals surface area contributed by atoms with E-state index >= 15 is 0 Å². The Morgan fingerprint density at radius 1 is 1.11 bits per heavy atom. The zero-order chi connectivity index (χ0) is 18.6. The molecule has 1 saturated heterocycles. The van der Waals surface area contributed by atoms with Crippen LogP contribution in [0.15, 0.2) is 54.6 Å². The smallest absolute Gasteiger partial charge is 0.185 e. The minimum absolute atomic E-state index is 0.0592. The predicted octanol–water partition coefficient (Wildman–Crippen LogP) is 4.41. The molecule has 0 saturated carbocycles. The lowest BCUT2D eigenvalue weighted by molar-refractivity contribution is -0.218. The highest BCUT2D eigenvalue weighted by Crippen LogP contribution is 2.50. The summed E-state index contributed by atoms with van der Waals surface area (Å²) in [6, 6.07) is 14.9. The van der Waals surface area contributed by atoms with Gasteiger partial charge >= 0.3 is 0 Å². The summed E-state index contributed by atoms with van der Waals surface area (Å²) in [5.41, 5.74) is 5.88. The maximum Gasteiger partial charge on any atom is 0.185 e. The van der Waals surface area contributed by atoms with Crippen LogP contribution in [-0.4, -0.2) is 22.9 Å². The topological polar surface area (TPSA) is 33.7 Å². The van der Waals surface area contributed by atoms with E-state index in [-0.39, 0.29) is 17.5 Å². The van der Waals surface area contributed by atoms with Crippen LogP contribution in [0.25, 0.3) is 5.70 Å². The predicted molar refractivity (Wildman–Crippen MR) is 101 cm³/mol. The number of fused-ring (bicyclic) bond motifs is 4. The van der Waals surface area contributed by atoms with Crippen LogP contribution in [0.1, 0.15) is 43.9 Å². The number of nitrogens with zero attached hydrogens (tertiary/aromatic N) is 1. The summed E-state index contributed by atoms with van der Waals surface area (Å²) in [4.78, 5) is 0. The van der Waals surface area contributed by atoms with Crippen molar-refractivity contribution in [3.63, 3.8) is 0 Å². The van der Waals surface area contributed by atoms with Gasteiger partial charge in [-0.05, 0) is 55.8 Å². The molecule has 0 unspecified atom stereocenters. The lowest BCUT2D eigenvalue weighted by Crippen LogP contribution is -2.64. The summed E-state index contributed by atoms with van der Waals surface area (Å²) in [6.45, 7) is 4.86. The van der Waals surface area contributed by atoms with Crippen molar-refractivity contribution in [2.45, 2.75) is 44.1 Å². The van der Waals surface area contributed by atoms with Crippen LogP contribution >= 0.6 is 0 Å². The Morgan fingerprint density at radius 3 is 2.67 bits per heavy atom. The first kappa shape index (κ1) is 16.8. The zero-order valence-corrected chi connectivity index (χ0v) is 15.5. The number of hydrogen-bond donors (Lipinski definition) is 1. The molecule has 0 radical (unpaired) electrons. The van der Waals surface area contributed by atoms with Gasteiger partial charge in [0, 0.05) is 18.4 Å². The number of nitrogens with one attached hydrogen (secondary N) is 1. The molecule has 5 heteroatoms. The third-order valence-corrected chi connectivity index (χ3v) is 5.66. The summed E-state index contributed by atoms with van der Waals surface area (Å²) >= 11 is 0. The first-order valence-corrected chi connectivity index (χ1v) is 9.42. The van der Waals surface area contributed by atoms with Crippen molar-refractivity contribution >= 4 is 5.70 Å². The number of ether oxygens (including phenoxy) is 2. The van der Waals surface area contributed by atoms with Gasteiger partial charge in [-0.3, -0.25) is 0 Å². The van der Waals surface area contributed by atoms with Crippen LogP contribution in [0.3, 0.4) is 0 Å². The molecule has 0 aliphatic carbocycles. The first-order valence-electron chi connectivity index (χ1n) is 9.42. The Hall–Kier alpha value is -2.37. The largest absolute Gasteiger partial charge is 0.470 e. The Morgan fingerprint density at radius 2 is 1.89 bits per heavy atom. The summed E-state index contributed by atoms with van der Waals surface area (Å²) in [5.74, 6) is 0.696. The van der Waals surface area contributed by atoms with Crippen molar-refractivity contribution in [3.05, 3.63) is 71.6 Å². The van der Waals surface area contributed by atoms with E-state index < -0.39 is 5.72 Å². The number of rotatable bonds is 1. The van der Waals surface area contributed by atoms with Gasteiger partial charge in [-0.25, -0.2) is 4.39 Å². The molecule has 5 rings (SSSR count). The molecule has 3 aliphatic rings. The van der Waals surface area contributed by atoms with Crippen LogP contribution in [0.4, 0.5) is 4.39 Å². The van der Waals surface area contributed by atoms with Crippen molar-refractivity contribution in [3.8, 4) is 5.75 Å². The minimum Gasteiger partial charge on any atom is -0.470 e. The van der Waals surface area contributed by atoms with Crippen molar-refractivity contribution in [2.75, 3.05) is 6.61 Å². The standard InChI is InChI=1S/C22H23FN2O2/c1-21(2)14-22(11-12-26-21)25-19(17-5-3-4-6-20(17)27-22)13-18(24-25)15-7-9-16(23)10-8-15/h3-10,13,19,24H,11-12,14H2,1-2H3/t19-,22-/m1/s1. The van der Waals surface area contributed by atoms with Gasteiger partial charge in [-0.2, -0.15) is 5.01 Å². The lowest BCUT2D eigenvalue weighted by atomic mass is 9.87. The van der Waals surface area contributed by atoms with Crippen LogP contribution in [0.2, 0.25) is 0 Å². The van der Waals surface area contributed by atoms with Gasteiger partial charge in [0.25, 0.3) is 0 Å². The quantitative estimate of drug-likeness (QED) is 0.811. The number of para-hydroxylation sites is 1. The second-order valence-corrected chi connectivity index (χ2v) is 8.13. The van der Waals surface area contributed by atoms with Gasteiger partial charge in [0.05, 0.1) is 23.9 Å². The van der Waals surface area contributed by atoms with E-state index in [1.165, 1.54) is 12.1 Å². The molecule has 1 N–H and O–H groups in total. The average molecular weight is 366 g/mol. The molecule has 1 spiro atoms. The molecule has 3 heterocycles. The molecule has 2 atom stereocenters. The fraction of sp³-hybridized carbons (Fsp3) is 0.364. The van der Waals surface area contributed by atoms with Crippen molar-refractivity contribution in [1.29, 1.82) is 0 Å². The minimum atomic E-state index is -0.487. The van der Waals surface area contributed by atoms with E-state index in [1.807, 2.05) is 18.2 Å². The van der Waals surface area contributed by atoms with E-state index in [2.05, 4.69) is 36.4 Å². The molecule has 27 heavy (non-hydrogen) atoms. The van der Waals surface area contributed by atoms with E-state index in [0.717, 1.165) is 35.4 Å². The summed E-state index contributed by atoms with van der Waals surface area (Å²) in [7, 11) is 0. The number of halogens is 1. The van der Waals surface area contributed by atoms with Crippen molar-refractivity contribution in [2.24, 2.45) is 0 Å². The normalized spacial score (nSPS) is 28.7. The molecular weight excluding hydrogens is 343 g/mol. The molecule has 2 aromatic rings. The highest BCUT2D eigenvalue weighted by Gasteiger charge is 2.54. The second-order valence-electron chi connectivity index (χ2n) is 8.13. The maximum atomic E-state index is 13.4. The Labute approximate surface area is 158 Å². The molecule has 0 aromatic heterocycles. The molecular formula is C22H23FN2O2. The monoisotopic (exact) mass is 366 g/mol. The van der Waals surface area contributed by atoms with Gasteiger partial charge in [0.2, 0.25) is 0 Å². The Kier molecular flexibility index (Phi) is 3.61. The summed E-state index contributed by atoms with van der Waals surface area (Å²) in [5, 5.41) is 2.22. The second kappa shape index (κ2) is 5.81. The summed E-state index contributed by atoms with van der Waals surface area (Å²) < 4.78 is 25.9. The Balaban J connectivity index is 1.59. The average Bonchev–Trinajstić information content (AvgIpc) is 3.08. The third-order valence-electron chi connectivity index (χ3n) is 5.66. The SMILES string of the molecule is CC1(C)C[C@@]2(CCO1)Oc1ccccc1[C@H]1C=C(c3ccc(F)cc3)NN12. The van der Waals surface area contributed by atoms with E-state index in [1.54, 1.807) is 12.1 Å². The Bertz CT molecular complexity index is 909. The van der Waals surface area contributed by atoms with Crippen molar-refractivity contribution < 1.29 is 13.9 Å². The van der Waals surface area contributed by atoms with Gasteiger partial charge in [-0.15, -0.1) is 0 Å². The van der Waals surface area contributed by atoms with Crippen LogP contribution in [0, 0.1) is 5.82 Å². The highest BCUT2D eigenvalue weighted by molar-refractivity contribution is 5.67. The highest BCUT2D eigenvalue weighted by atomic mass is 19.1. The van der Waals surface area contributed by atoms with Gasteiger partial charge in [-0.1, -0.05) is 18.2 Å². The van der Waals surface area contributed by atoms with E-state index in [9.17, 15) is 4.39 Å². The van der Waals surface area contributed by atoms with Crippen LogP contribution in [-0.2, 0) is 4.74 Å². The van der Waals surface area contributed by atoms with Crippen LogP contribution in [0.5, 0.6) is 5.75 Å².